The number of rotatable bonds is 3. The molecule has 0 saturated carbocycles. The third-order valence-electron chi connectivity index (χ3n) is 2.11. The maximum Gasteiger partial charge on any atom is 0.306 e. The van der Waals surface area contributed by atoms with Crippen molar-refractivity contribution in [2.24, 2.45) is 0 Å². The summed E-state index contributed by atoms with van der Waals surface area (Å²) >= 11 is 0. The van der Waals surface area contributed by atoms with E-state index in [-0.39, 0.29) is 6.04 Å². The highest BCUT2D eigenvalue weighted by atomic mass is 32.2. The number of carbonyl (C=O) groups excluding carboxylic acids is 1. The molecule has 1 fully saturated rings. The van der Waals surface area contributed by atoms with Crippen LogP contribution in [-0.4, -0.2) is 56.2 Å². The minimum Gasteiger partial charge on any atom is -0.312 e. The monoisotopic (exact) mass is 221 g/mol. The number of hydrogen-bond donors (Lipinski definition) is 1. The summed E-state index contributed by atoms with van der Waals surface area (Å²) in [7, 11) is -0.793. The molecule has 0 aromatic rings. The van der Waals surface area contributed by atoms with Crippen molar-refractivity contribution in [3.05, 3.63) is 0 Å². The Balaban J connectivity index is 2.93. The van der Waals surface area contributed by atoms with Crippen molar-refractivity contribution in [3.8, 4) is 0 Å². The molecule has 0 aliphatic carbocycles. The zero-order valence-electron chi connectivity index (χ0n) is 8.52. The van der Waals surface area contributed by atoms with Crippen LogP contribution in [-0.2, 0) is 15.0 Å². The average Bonchev–Trinajstić information content (AvgIpc) is 1.94. The molecule has 1 saturated heterocycles. The molecule has 0 spiro atoms. The molecule has 0 atom stereocenters. The van der Waals surface area contributed by atoms with Gasteiger partial charge in [-0.15, -0.1) is 0 Å². The van der Waals surface area contributed by atoms with Crippen LogP contribution in [0.3, 0.4) is 0 Å². The third kappa shape index (κ3) is 1.89. The first-order valence-electron chi connectivity index (χ1n) is 4.30. The standard InChI is InChI=1S/C7H15N3O3S/c1-6(11)10(7-4-8-5-7)14(12,13)9(2)3/h7-8H,4-5H2,1-3H3. The summed E-state index contributed by atoms with van der Waals surface area (Å²) in [6, 6.07) is -0.236. The Hall–Kier alpha value is -0.660. The van der Waals surface area contributed by atoms with Crippen molar-refractivity contribution < 1.29 is 13.2 Å². The molecule has 7 heteroatoms. The molecule has 1 heterocycles. The average molecular weight is 221 g/mol. The summed E-state index contributed by atoms with van der Waals surface area (Å²) in [5, 5.41) is 2.93. The molecule has 1 amide bonds. The minimum atomic E-state index is -3.62. The summed E-state index contributed by atoms with van der Waals surface area (Å²) in [6.45, 7) is 2.33. The molecule has 14 heavy (non-hydrogen) atoms. The SMILES string of the molecule is CC(=O)N(C1CNC1)S(=O)(=O)N(C)C. The third-order valence-corrected chi connectivity index (χ3v) is 4.09. The first kappa shape index (κ1) is 11.4. The van der Waals surface area contributed by atoms with Crippen molar-refractivity contribution in [1.82, 2.24) is 13.9 Å². The van der Waals surface area contributed by atoms with Crippen molar-refractivity contribution in [3.63, 3.8) is 0 Å². The van der Waals surface area contributed by atoms with Gasteiger partial charge < -0.3 is 5.32 Å². The van der Waals surface area contributed by atoms with E-state index in [1.54, 1.807) is 0 Å². The molecule has 82 valence electrons. The van der Waals surface area contributed by atoms with Crippen LogP contribution in [0, 0.1) is 0 Å². The van der Waals surface area contributed by atoms with Gasteiger partial charge in [-0.2, -0.15) is 12.7 Å². The summed E-state index contributed by atoms with van der Waals surface area (Å²) in [6.07, 6.45) is 0. The van der Waals surface area contributed by atoms with Gasteiger partial charge >= 0.3 is 10.2 Å². The predicted molar refractivity (Wildman–Crippen MR) is 51.8 cm³/mol. The van der Waals surface area contributed by atoms with E-state index in [1.165, 1.54) is 21.0 Å². The van der Waals surface area contributed by atoms with Gasteiger partial charge in [0, 0.05) is 34.1 Å². The Morgan fingerprint density at radius 2 is 1.86 bits per heavy atom. The Kier molecular flexibility index (Phi) is 3.13. The number of hydrogen-bond acceptors (Lipinski definition) is 4. The second kappa shape index (κ2) is 3.84. The lowest BCUT2D eigenvalue weighted by Crippen LogP contribution is -2.61. The topological polar surface area (TPSA) is 69.7 Å². The van der Waals surface area contributed by atoms with Gasteiger partial charge in [-0.25, -0.2) is 4.31 Å². The van der Waals surface area contributed by atoms with E-state index in [0.29, 0.717) is 13.1 Å². The van der Waals surface area contributed by atoms with E-state index < -0.39 is 16.1 Å². The van der Waals surface area contributed by atoms with Gasteiger partial charge in [-0.05, 0) is 0 Å². The van der Waals surface area contributed by atoms with Crippen LogP contribution >= 0.6 is 0 Å². The largest absolute Gasteiger partial charge is 0.312 e. The lowest BCUT2D eigenvalue weighted by Gasteiger charge is -2.37. The van der Waals surface area contributed by atoms with Crippen molar-refractivity contribution in [2.75, 3.05) is 27.2 Å². The number of amides is 1. The van der Waals surface area contributed by atoms with E-state index in [1.807, 2.05) is 0 Å². The maximum atomic E-state index is 11.7. The molecule has 1 aliphatic heterocycles. The first-order valence-corrected chi connectivity index (χ1v) is 5.70. The van der Waals surface area contributed by atoms with E-state index >= 15 is 0 Å². The van der Waals surface area contributed by atoms with Crippen molar-refractivity contribution >= 4 is 16.1 Å². The second-order valence-electron chi connectivity index (χ2n) is 3.42. The number of carbonyl (C=O) groups is 1. The molecular weight excluding hydrogens is 206 g/mol. The van der Waals surface area contributed by atoms with Crippen molar-refractivity contribution in [2.45, 2.75) is 13.0 Å². The Morgan fingerprint density at radius 1 is 1.36 bits per heavy atom. The van der Waals surface area contributed by atoms with Crippen LogP contribution in [0.5, 0.6) is 0 Å². The van der Waals surface area contributed by atoms with E-state index in [2.05, 4.69) is 5.32 Å². The summed E-state index contributed by atoms with van der Waals surface area (Å²) in [5.41, 5.74) is 0. The molecule has 0 unspecified atom stereocenters. The molecule has 0 aromatic heterocycles. The van der Waals surface area contributed by atoms with E-state index in [4.69, 9.17) is 0 Å². The smallest absolute Gasteiger partial charge is 0.306 e. The minimum absolute atomic E-state index is 0.236. The Labute approximate surface area is 84.1 Å². The van der Waals surface area contributed by atoms with Gasteiger partial charge in [-0.3, -0.25) is 4.79 Å². The Morgan fingerprint density at radius 3 is 2.07 bits per heavy atom. The van der Waals surface area contributed by atoms with E-state index in [9.17, 15) is 13.2 Å². The zero-order valence-corrected chi connectivity index (χ0v) is 9.34. The van der Waals surface area contributed by atoms with Crippen LogP contribution in [0.4, 0.5) is 0 Å². The van der Waals surface area contributed by atoms with Crippen LogP contribution in [0.2, 0.25) is 0 Å². The predicted octanol–water partition coefficient (Wildman–Crippen LogP) is -1.39. The zero-order chi connectivity index (χ0) is 10.9. The van der Waals surface area contributed by atoms with Crippen LogP contribution in [0.15, 0.2) is 0 Å². The highest BCUT2D eigenvalue weighted by molar-refractivity contribution is 7.87. The summed E-state index contributed by atoms with van der Waals surface area (Å²) in [4.78, 5) is 11.2. The van der Waals surface area contributed by atoms with Gasteiger partial charge in [0.1, 0.15) is 0 Å². The molecule has 1 N–H and O–H groups in total. The summed E-state index contributed by atoms with van der Waals surface area (Å²) in [5.74, 6) is -0.440. The Bertz CT molecular complexity index is 321. The van der Waals surface area contributed by atoms with Gasteiger partial charge in [0.15, 0.2) is 0 Å². The first-order chi connectivity index (χ1) is 6.37. The fraction of sp³-hybridized carbons (Fsp3) is 0.857. The quantitative estimate of drug-likeness (QED) is 0.637. The molecular formula is C7H15N3O3S. The van der Waals surface area contributed by atoms with Gasteiger partial charge in [0.25, 0.3) is 0 Å². The molecule has 1 rings (SSSR count). The normalized spacial score (nSPS) is 18.0. The van der Waals surface area contributed by atoms with E-state index in [0.717, 1.165) is 8.61 Å². The molecule has 6 nitrogen and oxygen atoms in total. The lowest BCUT2D eigenvalue weighted by molar-refractivity contribution is -0.126. The van der Waals surface area contributed by atoms with Gasteiger partial charge in [0.2, 0.25) is 5.91 Å². The highest BCUT2D eigenvalue weighted by Crippen LogP contribution is 2.13. The van der Waals surface area contributed by atoms with Gasteiger partial charge in [-0.1, -0.05) is 0 Å². The molecule has 1 aliphatic rings. The maximum absolute atomic E-state index is 11.7. The number of nitrogens with zero attached hydrogens (tertiary/aromatic N) is 2. The van der Waals surface area contributed by atoms with Crippen LogP contribution < -0.4 is 5.32 Å². The highest BCUT2D eigenvalue weighted by Gasteiger charge is 2.36. The fourth-order valence-electron chi connectivity index (χ4n) is 1.22. The number of nitrogens with one attached hydrogen (secondary N) is 1. The van der Waals surface area contributed by atoms with Crippen LogP contribution in [0.25, 0.3) is 0 Å². The fourth-order valence-corrected chi connectivity index (χ4v) is 2.43. The molecule has 0 radical (unpaired) electrons. The second-order valence-corrected chi connectivity index (χ2v) is 5.44. The molecule has 0 aromatic carbocycles. The van der Waals surface area contributed by atoms with Crippen molar-refractivity contribution in [1.29, 1.82) is 0 Å². The lowest BCUT2D eigenvalue weighted by atomic mass is 10.2. The summed E-state index contributed by atoms with van der Waals surface area (Å²) < 4.78 is 25.4. The van der Waals surface area contributed by atoms with Crippen LogP contribution in [0.1, 0.15) is 6.92 Å². The molecule has 0 bridgehead atoms. The van der Waals surface area contributed by atoms with Gasteiger partial charge in [0.05, 0.1) is 6.04 Å².